The molecule has 2 aromatic carbocycles. The van der Waals surface area contributed by atoms with Crippen molar-refractivity contribution >= 4 is 36.4 Å². The molecule has 26 heavy (non-hydrogen) atoms. The Morgan fingerprint density at radius 3 is 2.38 bits per heavy atom. The van der Waals surface area contributed by atoms with Crippen molar-refractivity contribution in [2.75, 3.05) is 33.5 Å². The SMILES string of the molecule is COc1cccc(C(CNC(=O)Cc2ccc(N)cc2)N(C)C)c1.Cl.Cl. The summed E-state index contributed by atoms with van der Waals surface area (Å²) < 4.78 is 5.28. The molecule has 3 N–H and O–H groups in total. The molecule has 0 aliphatic heterocycles. The number of amides is 1. The van der Waals surface area contributed by atoms with Gasteiger partial charge < -0.3 is 20.7 Å². The minimum absolute atomic E-state index is 0. The molecule has 1 unspecified atom stereocenters. The summed E-state index contributed by atoms with van der Waals surface area (Å²) in [5.41, 5.74) is 8.41. The standard InChI is InChI=1S/C19H25N3O2.2ClH/c1-22(2)18(15-5-4-6-17(12-15)24-3)13-21-19(23)11-14-7-9-16(20)10-8-14;;/h4-10,12,18H,11,13,20H2,1-3H3,(H,21,23);2*1H. The number of carbonyl (C=O) groups excluding carboxylic acids is 1. The predicted octanol–water partition coefficient (Wildman–Crippen LogP) is 3.08. The molecule has 0 aliphatic rings. The molecule has 0 aromatic heterocycles. The number of carbonyl (C=O) groups is 1. The lowest BCUT2D eigenvalue weighted by Crippen LogP contribution is -2.35. The number of nitrogen functional groups attached to an aromatic ring is 1. The van der Waals surface area contributed by atoms with Gasteiger partial charge in [0.25, 0.3) is 0 Å². The van der Waals surface area contributed by atoms with E-state index in [0.717, 1.165) is 16.9 Å². The van der Waals surface area contributed by atoms with Crippen molar-refractivity contribution in [3.05, 3.63) is 59.7 Å². The Morgan fingerprint density at radius 1 is 1.15 bits per heavy atom. The average molecular weight is 400 g/mol. The first-order valence-electron chi connectivity index (χ1n) is 7.91. The van der Waals surface area contributed by atoms with Gasteiger partial charge >= 0.3 is 0 Å². The summed E-state index contributed by atoms with van der Waals surface area (Å²) in [6, 6.07) is 15.4. The molecule has 2 rings (SSSR count). The smallest absolute Gasteiger partial charge is 0.224 e. The first-order valence-corrected chi connectivity index (χ1v) is 7.91. The van der Waals surface area contributed by atoms with Crippen LogP contribution in [-0.4, -0.2) is 38.6 Å². The fourth-order valence-electron chi connectivity index (χ4n) is 2.54. The molecule has 0 saturated carbocycles. The van der Waals surface area contributed by atoms with Gasteiger partial charge in [-0.25, -0.2) is 0 Å². The first-order chi connectivity index (χ1) is 11.5. The highest BCUT2D eigenvalue weighted by Crippen LogP contribution is 2.22. The zero-order chi connectivity index (χ0) is 17.5. The van der Waals surface area contributed by atoms with Crippen molar-refractivity contribution in [2.45, 2.75) is 12.5 Å². The lowest BCUT2D eigenvalue weighted by molar-refractivity contribution is -0.120. The number of hydrogen-bond acceptors (Lipinski definition) is 4. The summed E-state index contributed by atoms with van der Waals surface area (Å²) in [7, 11) is 5.64. The van der Waals surface area contributed by atoms with Gasteiger partial charge in [-0.05, 0) is 49.5 Å². The summed E-state index contributed by atoms with van der Waals surface area (Å²) in [6.45, 7) is 0.536. The van der Waals surface area contributed by atoms with Crippen LogP contribution in [0.4, 0.5) is 5.69 Å². The topological polar surface area (TPSA) is 67.6 Å². The van der Waals surface area contributed by atoms with Crippen LogP contribution in [-0.2, 0) is 11.2 Å². The number of nitrogens with two attached hydrogens (primary N) is 1. The Labute approximate surface area is 167 Å². The highest BCUT2D eigenvalue weighted by atomic mass is 35.5. The number of nitrogens with one attached hydrogen (secondary N) is 1. The van der Waals surface area contributed by atoms with Gasteiger partial charge in [0.1, 0.15) is 5.75 Å². The number of nitrogens with zero attached hydrogens (tertiary/aromatic N) is 1. The number of rotatable bonds is 7. The highest BCUT2D eigenvalue weighted by Gasteiger charge is 2.16. The van der Waals surface area contributed by atoms with Gasteiger partial charge in [0.05, 0.1) is 19.6 Å². The Morgan fingerprint density at radius 2 is 1.81 bits per heavy atom. The van der Waals surface area contributed by atoms with E-state index in [-0.39, 0.29) is 36.8 Å². The molecule has 0 spiro atoms. The van der Waals surface area contributed by atoms with E-state index in [0.29, 0.717) is 18.7 Å². The molecule has 144 valence electrons. The van der Waals surface area contributed by atoms with Gasteiger partial charge in [-0.15, -0.1) is 24.8 Å². The molecule has 5 nitrogen and oxygen atoms in total. The van der Waals surface area contributed by atoms with Crippen molar-refractivity contribution in [1.82, 2.24) is 10.2 Å². The summed E-state index contributed by atoms with van der Waals surface area (Å²) >= 11 is 0. The molecule has 1 atom stereocenters. The van der Waals surface area contributed by atoms with Crippen molar-refractivity contribution in [1.29, 1.82) is 0 Å². The van der Waals surface area contributed by atoms with E-state index in [2.05, 4.69) is 10.2 Å². The van der Waals surface area contributed by atoms with E-state index in [1.54, 1.807) is 7.11 Å². The van der Waals surface area contributed by atoms with Gasteiger partial charge in [-0.2, -0.15) is 0 Å². The van der Waals surface area contributed by atoms with Crippen LogP contribution in [0.2, 0.25) is 0 Å². The number of likely N-dealkylation sites (N-methyl/N-ethyl adjacent to an activating group) is 1. The molecule has 2 aromatic rings. The zero-order valence-corrected chi connectivity index (χ0v) is 16.9. The van der Waals surface area contributed by atoms with Gasteiger partial charge in [0, 0.05) is 12.2 Å². The van der Waals surface area contributed by atoms with Gasteiger partial charge in [0.2, 0.25) is 5.91 Å². The maximum absolute atomic E-state index is 12.2. The maximum atomic E-state index is 12.2. The summed E-state index contributed by atoms with van der Waals surface area (Å²) in [6.07, 6.45) is 0.346. The number of halogens is 2. The van der Waals surface area contributed by atoms with Gasteiger partial charge in [-0.3, -0.25) is 4.79 Å². The molecule has 0 saturated heterocycles. The highest BCUT2D eigenvalue weighted by molar-refractivity contribution is 5.85. The maximum Gasteiger partial charge on any atom is 0.224 e. The zero-order valence-electron chi connectivity index (χ0n) is 15.3. The van der Waals surface area contributed by atoms with Crippen LogP contribution in [0, 0.1) is 0 Å². The van der Waals surface area contributed by atoms with E-state index < -0.39 is 0 Å². The minimum Gasteiger partial charge on any atom is -0.497 e. The van der Waals surface area contributed by atoms with Crippen molar-refractivity contribution in [3.8, 4) is 5.75 Å². The van der Waals surface area contributed by atoms with E-state index in [4.69, 9.17) is 10.5 Å². The number of benzene rings is 2. The second kappa shape index (κ2) is 11.6. The second-order valence-corrected chi connectivity index (χ2v) is 5.98. The van der Waals surface area contributed by atoms with E-state index in [1.165, 1.54) is 0 Å². The van der Waals surface area contributed by atoms with Crippen molar-refractivity contribution < 1.29 is 9.53 Å². The van der Waals surface area contributed by atoms with E-state index in [9.17, 15) is 4.79 Å². The van der Waals surface area contributed by atoms with Crippen LogP contribution in [0.1, 0.15) is 17.2 Å². The molecule has 1 amide bonds. The minimum atomic E-state index is -0.00508. The molecule has 7 heteroatoms. The molecule has 0 aliphatic carbocycles. The first kappa shape index (κ1) is 24.1. The van der Waals surface area contributed by atoms with E-state index in [1.807, 2.05) is 62.6 Å². The van der Waals surface area contributed by atoms with Crippen molar-refractivity contribution in [3.63, 3.8) is 0 Å². The number of anilines is 1. The Balaban J connectivity index is 0.00000312. The monoisotopic (exact) mass is 399 g/mol. The molecule has 0 heterocycles. The van der Waals surface area contributed by atoms with Gasteiger partial charge in [-0.1, -0.05) is 24.3 Å². The van der Waals surface area contributed by atoms with Crippen LogP contribution < -0.4 is 15.8 Å². The third kappa shape index (κ3) is 7.12. The normalized spacial score (nSPS) is 11.1. The number of ether oxygens (including phenoxy) is 1. The number of hydrogen-bond donors (Lipinski definition) is 2. The summed E-state index contributed by atoms with van der Waals surface area (Å²) in [4.78, 5) is 14.3. The summed E-state index contributed by atoms with van der Waals surface area (Å²) in [5, 5.41) is 3.01. The summed E-state index contributed by atoms with van der Waals surface area (Å²) in [5.74, 6) is 0.807. The fourth-order valence-corrected chi connectivity index (χ4v) is 2.54. The molecule has 0 bridgehead atoms. The van der Waals surface area contributed by atoms with Crippen LogP contribution in [0.3, 0.4) is 0 Å². The van der Waals surface area contributed by atoms with Crippen LogP contribution in [0.25, 0.3) is 0 Å². The quantitative estimate of drug-likeness (QED) is 0.701. The second-order valence-electron chi connectivity index (χ2n) is 5.98. The van der Waals surface area contributed by atoms with Gasteiger partial charge in [0.15, 0.2) is 0 Å². The van der Waals surface area contributed by atoms with Crippen LogP contribution in [0.15, 0.2) is 48.5 Å². The third-order valence-electron chi connectivity index (χ3n) is 3.94. The lowest BCUT2D eigenvalue weighted by atomic mass is 10.1. The lowest BCUT2D eigenvalue weighted by Gasteiger charge is -2.25. The largest absolute Gasteiger partial charge is 0.497 e. The Kier molecular flexibility index (Phi) is 10.8. The molecular formula is C19H27Cl2N3O2. The molecular weight excluding hydrogens is 373 g/mol. The average Bonchev–Trinajstić information content (AvgIpc) is 2.57. The Bertz CT molecular complexity index is 679. The number of methoxy groups -OCH3 is 1. The third-order valence-corrected chi connectivity index (χ3v) is 3.94. The van der Waals surface area contributed by atoms with E-state index >= 15 is 0 Å². The fraction of sp³-hybridized carbons (Fsp3) is 0.316. The van der Waals surface area contributed by atoms with Crippen molar-refractivity contribution in [2.24, 2.45) is 0 Å². The predicted molar refractivity (Wildman–Crippen MR) is 111 cm³/mol. The van der Waals surface area contributed by atoms with Crippen LogP contribution >= 0.6 is 24.8 Å². The molecule has 0 fully saturated rings. The molecule has 0 radical (unpaired) electrons. The Hall–Kier alpha value is -1.95. The van der Waals surface area contributed by atoms with Crippen LogP contribution in [0.5, 0.6) is 5.75 Å².